The van der Waals surface area contributed by atoms with Gasteiger partial charge in [-0.2, -0.15) is 0 Å². The van der Waals surface area contributed by atoms with Crippen LogP contribution in [0.1, 0.15) is 26.2 Å². The highest BCUT2D eigenvalue weighted by Crippen LogP contribution is 2.35. The van der Waals surface area contributed by atoms with E-state index >= 15 is 0 Å². The summed E-state index contributed by atoms with van der Waals surface area (Å²) in [6.07, 6.45) is 3.51. The Balaban J connectivity index is 2.46. The van der Waals surface area contributed by atoms with E-state index < -0.39 is 5.97 Å². The molecule has 5 heteroatoms. The summed E-state index contributed by atoms with van der Waals surface area (Å²) >= 11 is 4.71. The second-order valence-corrected chi connectivity index (χ2v) is 4.88. The van der Waals surface area contributed by atoms with Gasteiger partial charge in [0, 0.05) is 6.54 Å². The maximum Gasteiger partial charge on any atom is 0.344 e. The number of hydrogen-bond acceptors (Lipinski definition) is 3. The maximum absolute atomic E-state index is 10.8. The highest BCUT2D eigenvalue weighted by Gasteiger charge is 2.25. The normalized spacial score (nSPS) is 16.6. The molecule has 0 atom stereocenters. The van der Waals surface area contributed by atoms with Gasteiger partial charge >= 0.3 is 5.97 Å². The lowest BCUT2D eigenvalue weighted by Gasteiger charge is -2.16. The van der Waals surface area contributed by atoms with E-state index in [1.807, 2.05) is 0 Å². The van der Waals surface area contributed by atoms with Crippen molar-refractivity contribution in [1.29, 1.82) is 0 Å². The van der Waals surface area contributed by atoms with E-state index in [9.17, 15) is 4.79 Å². The van der Waals surface area contributed by atoms with Crippen LogP contribution < -0.4 is 0 Å². The molecule has 1 heterocycles. The third-order valence-electron chi connectivity index (χ3n) is 2.06. The van der Waals surface area contributed by atoms with Crippen molar-refractivity contribution in [2.24, 2.45) is 0 Å². The van der Waals surface area contributed by atoms with Crippen LogP contribution >= 0.6 is 27.7 Å². The first-order valence-corrected chi connectivity index (χ1v) is 6.45. The predicted molar refractivity (Wildman–Crippen MR) is 62.3 cm³/mol. The lowest BCUT2D eigenvalue weighted by atomic mass is 10.2. The van der Waals surface area contributed by atoms with Crippen LogP contribution in [0.25, 0.3) is 0 Å². The lowest BCUT2D eigenvalue weighted by Crippen LogP contribution is -2.17. The van der Waals surface area contributed by atoms with Crippen LogP contribution in [0.4, 0.5) is 0 Å². The van der Waals surface area contributed by atoms with Crippen molar-refractivity contribution in [3.05, 3.63) is 9.51 Å². The smallest absolute Gasteiger partial charge is 0.344 e. The number of carbonyl (C=O) groups is 1. The predicted octanol–water partition coefficient (Wildman–Crippen LogP) is 2.83. The summed E-state index contributed by atoms with van der Waals surface area (Å²) in [6.45, 7) is 3.10. The molecule has 0 bridgehead atoms. The SMILES string of the molecule is CCCCCN1CSC(C(=O)O)=C1Br. The Kier molecular flexibility index (Phi) is 4.81. The van der Waals surface area contributed by atoms with Gasteiger partial charge in [-0.15, -0.1) is 0 Å². The third kappa shape index (κ3) is 2.92. The van der Waals surface area contributed by atoms with Gasteiger partial charge in [-0.3, -0.25) is 0 Å². The van der Waals surface area contributed by atoms with Crippen molar-refractivity contribution in [2.45, 2.75) is 26.2 Å². The number of hydrogen-bond donors (Lipinski definition) is 1. The van der Waals surface area contributed by atoms with Crippen molar-refractivity contribution in [3.8, 4) is 0 Å². The molecule has 0 aromatic heterocycles. The minimum absolute atomic E-state index is 0.432. The summed E-state index contributed by atoms with van der Waals surface area (Å²) < 4.78 is 0.742. The molecule has 0 unspecified atom stereocenters. The molecule has 0 radical (unpaired) electrons. The van der Waals surface area contributed by atoms with E-state index in [1.54, 1.807) is 0 Å². The fraction of sp³-hybridized carbons (Fsp3) is 0.667. The van der Waals surface area contributed by atoms with Crippen LogP contribution in [0.5, 0.6) is 0 Å². The molecule has 0 fully saturated rings. The van der Waals surface area contributed by atoms with Gasteiger partial charge in [0.05, 0.1) is 5.88 Å². The molecule has 1 N–H and O–H groups in total. The number of unbranched alkanes of at least 4 members (excludes halogenated alkanes) is 2. The molecule has 0 saturated carbocycles. The molecule has 0 aromatic carbocycles. The zero-order valence-electron chi connectivity index (χ0n) is 8.12. The van der Waals surface area contributed by atoms with Crippen molar-refractivity contribution >= 4 is 33.7 Å². The van der Waals surface area contributed by atoms with Crippen molar-refractivity contribution < 1.29 is 9.90 Å². The van der Waals surface area contributed by atoms with Crippen LogP contribution in [0, 0.1) is 0 Å². The average Bonchev–Trinajstić information content (AvgIpc) is 2.48. The van der Waals surface area contributed by atoms with Gasteiger partial charge in [0.15, 0.2) is 0 Å². The highest BCUT2D eigenvalue weighted by molar-refractivity contribution is 9.11. The summed E-state index contributed by atoms with van der Waals surface area (Å²) in [4.78, 5) is 13.3. The van der Waals surface area contributed by atoms with E-state index in [0.717, 1.165) is 23.4 Å². The van der Waals surface area contributed by atoms with E-state index in [1.165, 1.54) is 24.6 Å². The van der Waals surface area contributed by atoms with Crippen molar-refractivity contribution in [3.63, 3.8) is 0 Å². The zero-order valence-corrected chi connectivity index (χ0v) is 10.5. The fourth-order valence-electron chi connectivity index (χ4n) is 1.27. The molecule has 0 saturated heterocycles. The molecule has 1 rings (SSSR count). The topological polar surface area (TPSA) is 40.5 Å². The molecule has 3 nitrogen and oxygen atoms in total. The van der Waals surface area contributed by atoms with Crippen LogP contribution in [0.15, 0.2) is 9.51 Å². The van der Waals surface area contributed by atoms with Crippen LogP contribution in [-0.2, 0) is 4.79 Å². The first kappa shape index (κ1) is 11.9. The van der Waals surface area contributed by atoms with Gasteiger partial charge in [0.2, 0.25) is 0 Å². The number of nitrogens with zero attached hydrogens (tertiary/aromatic N) is 1. The van der Waals surface area contributed by atoms with Crippen molar-refractivity contribution in [1.82, 2.24) is 4.90 Å². The van der Waals surface area contributed by atoms with Gasteiger partial charge < -0.3 is 10.0 Å². The lowest BCUT2D eigenvalue weighted by molar-refractivity contribution is -0.131. The summed E-state index contributed by atoms with van der Waals surface area (Å²) in [5.41, 5.74) is 0. The van der Waals surface area contributed by atoms with E-state index in [-0.39, 0.29) is 0 Å². The largest absolute Gasteiger partial charge is 0.477 e. The quantitative estimate of drug-likeness (QED) is 0.621. The molecule has 0 amide bonds. The zero-order chi connectivity index (χ0) is 10.6. The molecule has 1 aliphatic rings. The van der Waals surface area contributed by atoms with Crippen LogP contribution in [-0.4, -0.2) is 28.4 Å². The Morgan fingerprint density at radius 3 is 2.86 bits per heavy atom. The third-order valence-corrected chi connectivity index (χ3v) is 4.31. The molecule has 14 heavy (non-hydrogen) atoms. The summed E-state index contributed by atoms with van der Waals surface area (Å²) in [5, 5.41) is 8.84. The Hall–Kier alpha value is -0.160. The summed E-state index contributed by atoms with van der Waals surface area (Å²) in [5.74, 6) is -0.0776. The number of rotatable bonds is 5. The number of carboxylic acid groups (broad SMARTS) is 1. The molecule has 0 aliphatic carbocycles. The molecule has 0 aromatic rings. The van der Waals surface area contributed by atoms with Gasteiger partial charge in [-0.25, -0.2) is 4.79 Å². The van der Waals surface area contributed by atoms with Crippen LogP contribution in [0.3, 0.4) is 0 Å². The number of carboxylic acids is 1. The Morgan fingerprint density at radius 1 is 1.64 bits per heavy atom. The number of aliphatic carboxylic acids is 1. The molecule has 0 spiro atoms. The van der Waals surface area contributed by atoms with E-state index in [4.69, 9.17) is 5.11 Å². The number of thioether (sulfide) groups is 1. The monoisotopic (exact) mass is 279 g/mol. The first-order valence-electron chi connectivity index (χ1n) is 4.67. The summed E-state index contributed by atoms with van der Waals surface area (Å²) in [7, 11) is 0. The molecule has 80 valence electrons. The standard InChI is InChI=1S/C9H14BrNO2S/c1-2-3-4-5-11-6-14-7(8(11)10)9(12)13/h2-6H2,1H3,(H,12,13). The minimum atomic E-state index is -0.833. The minimum Gasteiger partial charge on any atom is -0.477 e. The fourth-order valence-corrected chi connectivity index (χ4v) is 3.16. The summed E-state index contributed by atoms with van der Waals surface area (Å²) in [6, 6.07) is 0. The van der Waals surface area contributed by atoms with Gasteiger partial charge in [0.1, 0.15) is 9.51 Å². The van der Waals surface area contributed by atoms with Crippen LogP contribution in [0.2, 0.25) is 0 Å². The Bertz CT molecular complexity index is 255. The average molecular weight is 280 g/mol. The molecular formula is C9H14BrNO2S. The van der Waals surface area contributed by atoms with Gasteiger partial charge in [-0.1, -0.05) is 31.5 Å². The Labute approximate surface area is 96.7 Å². The molecular weight excluding hydrogens is 266 g/mol. The van der Waals surface area contributed by atoms with Gasteiger partial charge in [0.25, 0.3) is 0 Å². The van der Waals surface area contributed by atoms with Gasteiger partial charge in [-0.05, 0) is 22.4 Å². The number of halogens is 1. The molecule has 1 aliphatic heterocycles. The highest BCUT2D eigenvalue weighted by atomic mass is 79.9. The second kappa shape index (κ2) is 5.66. The Morgan fingerprint density at radius 2 is 2.36 bits per heavy atom. The second-order valence-electron chi connectivity index (χ2n) is 3.17. The van der Waals surface area contributed by atoms with E-state index in [0.29, 0.717) is 4.91 Å². The first-order chi connectivity index (χ1) is 6.66. The van der Waals surface area contributed by atoms with Crippen molar-refractivity contribution in [2.75, 3.05) is 12.4 Å². The van der Waals surface area contributed by atoms with E-state index in [2.05, 4.69) is 27.8 Å². The maximum atomic E-state index is 10.8.